The standard InChI is InChI=1S/C18H22/c1-13-8-6-7-9-16(13)15-10-11-17(14(2)12-15)18(3,4)5/h6-12H,1-5H3. The monoisotopic (exact) mass is 238 g/mol. The minimum atomic E-state index is 0.217. The van der Waals surface area contributed by atoms with Gasteiger partial charge in [-0.25, -0.2) is 0 Å². The molecule has 0 fully saturated rings. The van der Waals surface area contributed by atoms with Crippen molar-refractivity contribution in [1.82, 2.24) is 0 Å². The Morgan fingerprint density at radius 1 is 0.778 bits per heavy atom. The van der Waals surface area contributed by atoms with Crippen LogP contribution in [0.3, 0.4) is 0 Å². The summed E-state index contributed by atoms with van der Waals surface area (Å²) in [7, 11) is 0. The Kier molecular flexibility index (Phi) is 3.30. The molecule has 0 saturated heterocycles. The molecule has 0 heteroatoms. The van der Waals surface area contributed by atoms with Crippen LogP contribution in [0.25, 0.3) is 11.1 Å². The van der Waals surface area contributed by atoms with E-state index in [-0.39, 0.29) is 5.41 Å². The zero-order valence-corrected chi connectivity index (χ0v) is 12.0. The Hall–Kier alpha value is -1.56. The van der Waals surface area contributed by atoms with Gasteiger partial charge < -0.3 is 0 Å². The highest BCUT2D eigenvalue weighted by atomic mass is 14.2. The third-order valence-corrected chi connectivity index (χ3v) is 3.49. The summed E-state index contributed by atoms with van der Waals surface area (Å²) in [6.07, 6.45) is 0. The molecule has 0 N–H and O–H groups in total. The van der Waals surface area contributed by atoms with Gasteiger partial charge in [-0.3, -0.25) is 0 Å². The minimum absolute atomic E-state index is 0.217. The Balaban J connectivity index is 2.51. The van der Waals surface area contributed by atoms with Crippen molar-refractivity contribution in [3.8, 4) is 11.1 Å². The van der Waals surface area contributed by atoms with Gasteiger partial charge in [-0.15, -0.1) is 0 Å². The molecule has 0 unspecified atom stereocenters. The van der Waals surface area contributed by atoms with E-state index in [0.29, 0.717) is 0 Å². The Labute approximate surface area is 111 Å². The second-order valence-electron chi connectivity index (χ2n) is 6.09. The maximum atomic E-state index is 2.31. The van der Waals surface area contributed by atoms with Crippen LogP contribution in [0.1, 0.15) is 37.5 Å². The topological polar surface area (TPSA) is 0 Å². The summed E-state index contributed by atoms with van der Waals surface area (Å²) in [4.78, 5) is 0. The molecule has 2 rings (SSSR count). The summed E-state index contributed by atoms with van der Waals surface area (Å²) in [5.41, 5.74) is 7.01. The van der Waals surface area contributed by atoms with Gasteiger partial charge in [0.25, 0.3) is 0 Å². The van der Waals surface area contributed by atoms with Crippen LogP contribution in [-0.4, -0.2) is 0 Å². The lowest BCUT2D eigenvalue weighted by atomic mass is 9.83. The highest BCUT2D eigenvalue weighted by molar-refractivity contribution is 5.68. The summed E-state index contributed by atoms with van der Waals surface area (Å²) < 4.78 is 0. The van der Waals surface area contributed by atoms with Crippen LogP contribution in [-0.2, 0) is 5.41 Å². The van der Waals surface area contributed by atoms with Gasteiger partial charge in [-0.05, 0) is 47.1 Å². The summed E-state index contributed by atoms with van der Waals surface area (Å²) in [6, 6.07) is 15.4. The van der Waals surface area contributed by atoms with Crippen LogP contribution in [0.4, 0.5) is 0 Å². The predicted octanol–water partition coefficient (Wildman–Crippen LogP) is 5.27. The molecule has 2 aromatic rings. The third-order valence-electron chi connectivity index (χ3n) is 3.49. The molecule has 0 nitrogen and oxygen atoms in total. The largest absolute Gasteiger partial charge is 0.0620 e. The number of benzene rings is 2. The van der Waals surface area contributed by atoms with Crippen LogP contribution >= 0.6 is 0 Å². The Morgan fingerprint density at radius 2 is 1.44 bits per heavy atom. The zero-order chi connectivity index (χ0) is 13.3. The average molecular weight is 238 g/mol. The molecule has 0 saturated carbocycles. The van der Waals surface area contributed by atoms with Gasteiger partial charge in [0.2, 0.25) is 0 Å². The van der Waals surface area contributed by atoms with Crippen LogP contribution in [0, 0.1) is 13.8 Å². The van der Waals surface area contributed by atoms with Crippen molar-refractivity contribution >= 4 is 0 Å². The van der Waals surface area contributed by atoms with E-state index in [0.717, 1.165) is 0 Å². The quantitative estimate of drug-likeness (QED) is 0.635. The van der Waals surface area contributed by atoms with Crippen molar-refractivity contribution in [2.45, 2.75) is 40.0 Å². The summed E-state index contributed by atoms with van der Waals surface area (Å²) in [5.74, 6) is 0. The van der Waals surface area contributed by atoms with Crippen LogP contribution in [0.15, 0.2) is 42.5 Å². The molecule has 2 aromatic carbocycles. The second kappa shape index (κ2) is 4.61. The van der Waals surface area contributed by atoms with Gasteiger partial charge in [0.1, 0.15) is 0 Å². The Bertz CT molecular complexity index is 556. The number of hydrogen-bond acceptors (Lipinski definition) is 0. The summed E-state index contributed by atoms with van der Waals surface area (Å²) in [6.45, 7) is 11.2. The molecule has 0 aliphatic carbocycles. The first-order valence-electron chi connectivity index (χ1n) is 6.57. The van der Waals surface area contributed by atoms with Gasteiger partial charge in [0.15, 0.2) is 0 Å². The molecular weight excluding hydrogens is 216 g/mol. The molecule has 0 amide bonds. The predicted molar refractivity (Wildman–Crippen MR) is 80.1 cm³/mol. The smallest absolute Gasteiger partial charge is 0.0129 e. The van der Waals surface area contributed by atoms with Crippen LogP contribution in [0.5, 0.6) is 0 Å². The molecule has 94 valence electrons. The maximum Gasteiger partial charge on any atom is -0.0129 e. The van der Waals surface area contributed by atoms with Crippen LogP contribution in [0.2, 0.25) is 0 Å². The van der Waals surface area contributed by atoms with Gasteiger partial charge in [0, 0.05) is 0 Å². The van der Waals surface area contributed by atoms with E-state index in [1.54, 1.807) is 0 Å². The SMILES string of the molecule is Cc1ccccc1-c1ccc(C(C)(C)C)c(C)c1. The van der Waals surface area contributed by atoms with E-state index in [9.17, 15) is 0 Å². The lowest BCUT2D eigenvalue weighted by Crippen LogP contribution is -2.12. The molecule has 0 bridgehead atoms. The number of hydrogen-bond donors (Lipinski definition) is 0. The van der Waals surface area contributed by atoms with E-state index in [2.05, 4.69) is 77.1 Å². The first kappa shape index (κ1) is 12.9. The first-order valence-corrected chi connectivity index (χ1v) is 6.57. The van der Waals surface area contributed by atoms with Gasteiger partial charge >= 0.3 is 0 Å². The van der Waals surface area contributed by atoms with Crippen molar-refractivity contribution < 1.29 is 0 Å². The lowest BCUT2D eigenvalue weighted by molar-refractivity contribution is 0.586. The molecular formula is C18H22. The van der Waals surface area contributed by atoms with E-state index in [1.165, 1.54) is 27.8 Å². The fourth-order valence-corrected chi connectivity index (χ4v) is 2.57. The average Bonchev–Trinajstić information content (AvgIpc) is 2.27. The van der Waals surface area contributed by atoms with Crippen molar-refractivity contribution in [3.05, 3.63) is 59.2 Å². The fraction of sp³-hybridized carbons (Fsp3) is 0.333. The van der Waals surface area contributed by atoms with Gasteiger partial charge in [0.05, 0.1) is 0 Å². The van der Waals surface area contributed by atoms with E-state index >= 15 is 0 Å². The summed E-state index contributed by atoms with van der Waals surface area (Å²) >= 11 is 0. The van der Waals surface area contributed by atoms with E-state index in [4.69, 9.17) is 0 Å². The molecule has 0 radical (unpaired) electrons. The normalized spacial score (nSPS) is 11.6. The van der Waals surface area contributed by atoms with Crippen molar-refractivity contribution in [1.29, 1.82) is 0 Å². The van der Waals surface area contributed by atoms with Crippen molar-refractivity contribution in [2.75, 3.05) is 0 Å². The van der Waals surface area contributed by atoms with E-state index < -0.39 is 0 Å². The third kappa shape index (κ3) is 2.48. The number of aryl methyl sites for hydroxylation is 2. The van der Waals surface area contributed by atoms with Gasteiger partial charge in [-0.1, -0.05) is 63.2 Å². The summed E-state index contributed by atoms with van der Waals surface area (Å²) in [5, 5.41) is 0. The molecule has 0 spiro atoms. The first-order chi connectivity index (χ1) is 8.39. The molecule has 0 aliphatic rings. The second-order valence-corrected chi connectivity index (χ2v) is 6.09. The Morgan fingerprint density at radius 3 is 2.00 bits per heavy atom. The zero-order valence-electron chi connectivity index (χ0n) is 12.0. The maximum absolute atomic E-state index is 2.31. The number of rotatable bonds is 1. The van der Waals surface area contributed by atoms with Crippen molar-refractivity contribution in [2.24, 2.45) is 0 Å². The van der Waals surface area contributed by atoms with Crippen LogP contribution < -0.4 is 0 Å². The molecule has 0 atom stereocenters. The van der Waals surface area contributed by atoms with Gasteiger partial charge in [-0.2, -0.15) is 0 Å². The molecule has 0 aliphatic heterocycles. The lowest BCUT2D eigenvalue weighted by Gasteiger charge is -2.22. The van der Waals surface area contributed by atoms with E-state index in [1.807, 2.05) is 0 Å². The molecule has 0 heterocycles. The highest BCUT2D eigenvalue weighted by Crippen LogP contribution is 2.30. The fourth-order valence-electron chi connectivity index (χ4n) is 2.57. The molecule has 0 aromatic heterocycles. The highest BCUT2D eigenvalue weighted by Gasteiger charge is 2.16. The minimum Gasteiger partial charge on any atom is -0.0620 e. The molecule has 18 heavy (non-hydrogen) atoms. The van der Waals surface area contributed by atoms with Crippen molar-refractivity contribution in [3.63, 3.8) is 0 Å².